The second-order valence-corrected chi connectivity index (χ2v) is 5.88. The standard InChI is InChI=1S/C19H16FNO4/c1-11-13-5-4-6-14(20)18(13)25-17(11)19(22)21-9-12-10-23-15-7-2-3-8-16(15)24-12/h2-8,12H,9-10H2,1H3,(H,21,22)/t12-/m0/s1. The van der Waals surface area contributed by atoms with Crippen molar-refractivity contribution in [1.29, 1.82) is 0 Å². The Hall–Kier alpha value is -3.02. The molecule has 0 saturated carbocycles. The molecule has 0 unspecified atom stereocenters. The minimum Gasteiger partial charge on any atom is -0.486 e. The van der Waals surface area contributed by atoms with Gasteiger partial charge in [-0.15, -0.1) is 0 Å². The van der Waals surface area contributed by atoms with Crippen molar-refractivity contribution in [3.8, 4) is 11.5 Å². The van der Waals surface area contributed by atoms with Crippen molar-refractivity contribution in [2.75, 3.05) is 13.2 Å². The lowest BCUT2D eigenvalue weighted by Gasteiger charge is -2.26. The van der Waals surface area contributed by atoms with E-state index < -0.39 is 11.7 Å². The highest BCUT2D eigenvalue weighted by Gasteiger charge is 2.24. The van der Waals surface area contributed by atoms with Crippen LogP contribution in [-0.4, -0.2) is 25.2 Å². The van der Waals surface area contributed by atoms with E-state index >= 15 is 0 Å². The molecule has 0 bridgehead atoms. The Kier molecular flexibility index (Phi) is 3.80. The third kappa shape index (κ3) is 2.80. The molecule has 0 radical (unpaired) electrons. The van der Waals surface area contributed by atoms with Gasteiger partial charge in [-0.3, -0.25) is 4.79 Å². The second-order valence-electron chi connectivity index (χ2n) is 5.88. The summed E-state index contributed by atoms with van der Waals surface area (Å²) in [6.45, 7) is 2.33. The normalized spacial score (nSPS) is 16.0. The highest BCUT2D eigenvalue weighted by atomic mass is 19.1. The Morgan fingerprint density at radius 1 is 1.20 bits per heavy atom. The van der Waals surface area contributed by atoms with Crippen LogP contribution < -0.4 is 14.8 Å². The Morgan fingerprint density at radius 3 is 2.80 bits per heavy atom. The largest absolute Gasteiger partial charge is 0.486 e. The number of carbonyl (C=O) groups is 1. The fourth-order valence-corrected chi connectivity index (χ4v) is 2.88. The molecule has 2 heterocycles. The molecule has 1 N–H and O–H groups in total. The van der Waals surface area contributed by atoms with Crippen LogP contribution in [0.15, 0.2) is 46.9 Å². The minimum absolute atomic E-state index is 0.0938. The summed E-state index contributed by atoms with van der Waals surface area (Å²) in [4.78, 5) is 12.4. The molecule has 6 heteroatoms. The van der Waals surface area contributed by atoms with Crippen molar-refractivity contribution in [2.45, 2.75) is 13.0 Å². The topological polar surface area (TPSA) is 60.7 Å². The first kappa shape index (κ1) is 15.5. The van der Waals surface area contributed by atoms with Gasteiger partial charge in [-0.25, -0.2) is 4.39 Å². The van der Waals surface area contributed by atoms with E-state index in [2.05, 4.69) is 5.32 Å². The molecule has 2 aromatic carbocycles. The predicted molar refractivity (Wildman–Crippen MR) is 89.6 cm³/mol. The highest BCUT2D eigenvalue weighted by Crippen LogP contribution is 2.31. The highest BCUT2D eigenvalue weighted by molar-refractivity contribution is 5.99. The van der Waals surface area contributed by atoms with Crippen LogP contribution in [0, 0.1) is 12.7 Å². The number of carbonyl (C=O) groups excluding carboxylic acids is 1. The number of nitrogens with one attached hydrogen (secondary N) is 1. The van der Waals surface area contributed by atoms with Gasteiger partial charge in [0, 0.05) is 10.9 Å². The number of hydrogen-bond donors (Lipinski definition) is 1. The van der Waals surface area contributed by atoms with E-state index in [1.165, 1.54) is 6.07 Å². The molecule has 1 atom stereocenters. The van der Waals surface area contributed by atoms with Gasteiger partial charge in [-0.1, -0.05) is 24.3 Å². The summed E-state index contributed by atoms with van der Waals surface area (Å²) < 4.78 is 30.6. The molecular formula is C19H16FNO4. The summed E-state index contributed by atoms with van der Waals surface area (Å²) in [7, 11) is 0. The number of rotatable bonds is 3. The van der Waals surface area contributed by atoms with Gasteiger partial charge in [-0.05, 0) is 25.1 Å². The van der Waals surface area contributed by atoms with Crippen molar-refractivity contribution in [1.82, 2.24) is 5.32 Å². The summed E-state index contributed by atoms with van der Waals surface area (Å²) in [5.74, 6) is 0.553. The molecule has 25 heavy (non-hydrogen) atoms. The number of fused-ring (bicyclic) bond motifs is 2. The van der Waals surface area contributed by atoms with Crippen molar-refractivity contribution in [3.05, 3.63) is 59.6 Å². The molecule has 0 aliphatic carbocycles. The monoisotopic (exact) mass is 341 g/mol. The zero-order valence-electron chi connectivity index (χ0n) is 13.5. The average molecular weight is 341 g/mol. The quantitative estimate of drug-likeness (QED) is 0.793. The average Bonchev–Trinajstić information content (AvgIpc) is 2.98. The van der Waals surface area contributed by atoms with Gasteiger partial charge in [0.05, 0.1) is 6.54 Å². The smallest absolute Gasteiger partial charge is 0.287 e. The van der Waals surface area contributed by atoms with E-state index in [9.17, 15) is 9.18 Å². The van der Waals surface area contributed by atoms with E-state index in [4.69, 9.17) is 13.9 Å². The maximum Gasteiger partial charge on any atom is 0.287 e. The molecule has 0 spiro atoms. The number of benzene rings is 2. The van der Waals surface area contributed by atoms with Gasteiger partial charge >= 0.3 is 0 Å². The first-order valence-corrected chi connectivity index (χ1v) is 7.98. The van der Waals surface area contributed by atoms with Gasteiger partial charge in [-0.2, -0.15) is 0 Å². The molecular weight excluding hydrogens is 325 g/mol. The molecule has 4 rings (SSSR count). The van der Waals surface area contributed by atoms with Crippen LogP contribution in [-0.2, 0) is 0 Å². The van der Waals surface area contributed by atoms with E-state index in [0.717, 1.165) is 0 Å². The third-order valence-electron chi connectivity index (χ3n) is 4.18. The van der Waals surface area contributed by atoms with Crippen molar-refractivity contribution in [3.63, 3.8) is 0 Å². The van der Waals surface area contributed by atoms with Crippen LogP contribution in [0.1, 0.15) is 16.1 Å². The summed E-state index contributed by atoms with van der Waals surface area (Å²) in [5, 5.41) is 3.35. The lowest BCUT2D eigenvalue weighted by molar-refractivity contribution is 0.0774. The first-order valence-electron chi connectivity index (χ1n) is 7.98. The summed E-state index contributed by atoms with van der Waals surface area (Å²) in [5.41, 5.74) is 0.703. The van der Waals surface area contributed by atoms with Crippen LogP contribution in [0.3, 0.4) is 0 Å². The fourth-order valence-electron chi connectivity index (χ4n) is 2.88. The second kappa shape index (κ2) is 6.12. The van der Waals surface area contributed by atoms with Crippen molar-refractivity contribution < 1.29 is 23.1 Å². The molecule has 1 aromatic heterocycles. The molecule has 5 nitrogen and oxygen atoms in total. The van der Waals surface area contributed by atoms with E-state index in [-0.39, 0.29) is 24.0 Å². The van der Waals surface area contributed by atoms with E-state index in [1.807, 2.05) is 24.3 Å². The summed E-state index contributed by atoms with van der Waals surface area (Å²) in [6, 6.07) is 12.0. The Morgan fingerprint density at radius 2 is 2.00 bits per heavy atom. The zero-order valence-corrected chi connectivity index (χ0v) is 13.5. The lowest BCUT2D eigenvalue weighted by Crippen LogP contribution is -2.40. The maximum atomic E-state index is 13.8. The number of para-hydroxylation sites is 3. The molecule has 0 fully saturated rings. The summed E-state index contributed by atoms with van der Waals surface area (Å²) >= 11 is 0. The number of ether oxygens (including phenoxy) is 2. The van der Waals surface area contributed by atoms with Crippen LogP contribution >= 0.6 is 0 Å². The van der Waals surface area contributed by atoms with Crippen molar-refractivity contribution >= 4 is 16.9 Å². The predicted octanol–water partition coefficient (Wildman–Crippen LogP) is 3.45. The van der Waals surface area contributed by atoms with Gasteiger partial charge < -0.3 is 19.2 Å². The Balaban J connectivity index is 1.47. The Labute approximate surface area is 143 Å². The number of aryl methyl sites for hydroxylation is 1. The third-order valence-corrected chi connectivity index (χ3v) is 4.18. The van der Waals surface area contributed by atoms with E-state index in [1.54, 1.807) is 19.1 Å². The number of furan rings is 1. The summed E-state index contributed by atoms with van der Waals surface area (Å²) in [6.07, 6.45) is -0.305. The number of hydrogen-bond acceptors (Lipinski definition) is 4. The van der Waals surface area contributed by atoms with Crippen molar-refractivity contribution in [2.24, 2.45) is 0 Å². The van der Waals surface area contributed by atoms with Gasteiger partial charge in [0.1, 0.15) is 12.7 Å². The maximum absolute atomic E-state index is 13.8. The molecule has 128 valence electrons. The molecule has 1 aliphatic rings. The molecule has 3 aromatic rings. The first-order chi connectivity index (χ1) is 12.1. The van der Waals surface area contributed by atoms with Gasteiger partial charge in [0.15, 0.2) is 28.7 Å². The molecule has 1 aliphatic heterocycles. The Bertz CT molecular complexity index is 950. The van der Waals surface area contributed by atoms with Crippen LogP contribution in [0.4, 0.5) is 4.39 Å². The van der Waals surface area contributed by atoms with Crippen LogP contribution in [0.5, 0.6) is 11.5 Å². The fraction of sp³-hybridized carbons (Fsp3) is 0.211. The number of amides is 1. The molecule has 0 saturated heterocycles. The lowest BCUT2D eigenvalue weighted by atomic mass is 10.1. The van der Waals surface area contributed by atoms with Crippen LogP contribution in [0.2, 0.25) is 0 Å². The minimum atomic E-state index is -0.486. The number of halogens is 1. The van der Waals surface area contributed by atoms with Crippen LogP contribution in [0.25, 0.3) is 11.0 Å². The van der Waals surface area contributed by atoms with E-state index in [0.29, 0.717) is 29.1 Å². The van der Waals surface area contributed by atoms with Gasteiger partial charge in [0.25, 0.3) is 5.91 Å². The van der Waals surface area contributed by atoms with Gasteiger partial charge in [0.2, 0.25) is 0 Å². The molecule has 1 amide bonds. The SMILES string of the molecule is Cc1c(C(=O)NC[C@H]2COc3ccccc3O2)oc2c(F)cccc12. The zero-order chi connectivity index (χ0) is 17.4.